The Morgan fingerprint density at radius 1 is 0.933 bits per heavy atom. The third-order valence-electron chi connectivity index (χ3n) is 4.39. The highest BCUT2D eigenvalue weighted by Gasteiger charge is 2.21. The number of aryl methyl sites for hydroxylation is 1. The van der Waals surface area contributed by atoms with Crippen molar-refractivity contribution in [1.29, 1.82) is 0 Å². The number of anilines is 2. The number of nitrogens with zero attached hydrogens (tertiary/aromatic N) is 1. The first kappa shape index (κ1) is 21.2. The Morgan fingerprint density at radius 2 is 1.57 bits per heavy atom. The van der Waals surface area contributed by atoms with Gasteiger partial charge in [-0.1, -0.05) is 12.1 Å². The van der Waals surface area contributed by atoms with Gasteiger partial charge in [0.25, 0.3) is 10.0 Å². The molecule has 0 aliphatic carbocycles. The van der Waals surface area contributed by atoms with Gasteiger partial charge < -0.3 is 9.47 Å². The summed E-state index contributed by atoms with van der Waals surface area (Å²) in [7, 11) is -0.768. The van der Waals surface area contributed by atoms with Crippen LogP contribution in [0.4, 0.5) is 16.2 Å². The molecule has 3 rings (SSSR count). The Morgan fingerprint density at radius 3 is 2.17 bits per heavy atom. The number of ether oxygens (including phenoxy) is 2. The zero-order chi connectivity index (χ0) is 21.7. The van der Waals surface area contributed by atoms with E-state index in [9.17, 15) is 13.2 Å². The van der Waals surface area contributed by atoms with Gasteiger partial charge in [-0.2, -0.15) is 0 Å². The second kappa shape index (κ2) is 8.87. The smallest absolute Gasteiger partial charge is 0.417 e. The van der Waals surface area contributed by atoms with Crippen LogP contribution in [-0.2, 0) is 10.0 Å². The Bertz CT molecular complexity index is 1130. The van der Waals surface area contributed by atoms with Crippen molar-refractivity contribution >= 4 is 27.5 Å². The molecule has 0 radical (unpaired) electrons. The fourth-order valence-corrected chi connectivity index (χ4v) is 3.94. The second-order valence-electron chi connectivity index (χ2n) is 6.53. The average molecular weight is 426 g/mol. The molecule has 156 valence electrons. The summed E-state index contributed by atoms with van der Waals surface area (Å²) in [6.45, 7) is 1.92. The highest BCUT2D eigenvalue weighted by atomic mass is 32.2. The molecule has 0 heterocycles. The number of methoxy groups -OCH3 is 1. The number of hydrogen-bond acceptors (Lipinski definition) is 5. The minimum Gasteiger partial charge on any atom is -0.497 e. The molecule has 0 aliphatic heterocycles. The lowest BCUT2D eigenvalue weighted by molar-refractivity contribution is 0.215. The quantitative estimate of drug-likeness (QED) is 0.630. The molecule has 0 aliphatic rings. The van der Waals surface area contributed by atoms with Crippen LogP contribution in [0.2, 0.25) is 0 Å². The summed E-state index contributed by atoms with van der Waals surface area (Å²) < 4.78 is 37.1. The summed E-state index contributed by atoms with van der Waals surface area (Å²) in [6, 6.07) is 19.7. The van der Waals surface area contributed by atoms with E-state index >= 15 is 0 Å². The molecule has 3 aromatic rings. The van der Waals surface area contributed by atoms with Crippen LogP contribution < -0.4 is 19.1 Å². The summed E-state index contributed by atoms with van der Waals surface area (Å²) in [5, 5.41) is 2.65. The van der Waals surface area contributed by atoms with Crippen LogP contribution in [0.5, 0.6) is 11.5 Å². The molecule has 0 aromatic heterocycles. The fourth-order valence-electron chi connectivity index (χ4n) is 2.74. The number of sulfonamides is 1. The predicted molar refractivity (Wildman–Crippen MR) is 116 cm³/mol. The zero-order valence-corrected chi connectivity index (χ0v) is 17.6. The molecule has 0 bridgehead atoms. The highest BCUT2D eigenvalue weighted by molar-refractivity contribution is 7.92. The molecule has 0 saturated heterocycles. The summed E-state index contributed by atoms with van der Waals surface area (Å²) in [5.74, 6) is 0.862. The van der Waals surface area contributed by atoms with E-state index in [1.54, 1.807) is 30.3 Å². The van der Waals surface area contributed by atoms with Crippen LogP contribution in [0.25, 0.3) is 0 Å². The molecular formula is C22H22N2O5S. The second-order valence-corrected chi connectivity index (χ2v) is 8.50. The number of benzene rings is 3. The molecule has 1 amide bonds. The molecule has 30 heavy (non-hydrogen) atoms. The summed E-state index contributed by atoms with van der Waals surface area (Å²) in [6.07, 6.45) is -0.632. The number of amides is 1. The maximum absolute atomic E-state index is 12.8. The van der Waals surface area contributed by atoms with Gasteiger partial charge >= 0.3 is 6.09 Å². The highest BCUT2D eigenvalue weighted by Crippen LogP contribution is 2.25. The minimum atomic E-state index is -3.74. The van der Waals surface area contributed by atoms with Crippen molar-refractivity contribution in [3.63, 3.8) is 0 Å². The lowest BCUT2D eigenvalue weighted by Gasteiger charge is -2.20. The maximum Gasteiger partial charge on any atom is 0.417 e. The van der Waals surface area contributed by atoms with E-state index in [-0.39, 0.29) is 4.90 Å². The van der Waals surface area contributed by atoms with Gasteiger partial charge in [0.05, 0.1) is 17.7 Å². The van der Waals surface area contributed by atoms with Crippen LogP contribution in [0, 0.1) is 6.92 Å². The summed E-state index contributed by atoms with van der Waals surface area (Å²) in [5.41, 5.74) is 2.07. The van der Waals surface area contributed by atoms with Gasteiger partial charge in [0.15, 0.2) is 0 Å². The lowest BCUT2D eigenvalue weighted by atomic mass is 10.2. The van der Waals surface area contributed by atoms with Crippen molar-refractivity contribution < 1.29 is 22.7 Å². The van der Waals surface area contributed by atoms with Gasteiger partial charge in [-0.3, -0.25) is 9.62 Å². The van der Waals surface area contributed by atoms with Crippen molar-refractivity contribution in [3.05, 3.63) is 78.4 Å². The first-order chi connectivity index (χ1) is 14.3. The monoisotopic (exact) mass is 426 g/mol. The normalized spacial score (nSPS) is 10.9. The van der Waals surface area contributed by atoms with Gasteiger partial charge in [0.2, 0.25) is 0 Å². The average Bonchev–Trinajstić information content (AvgIpc) is 2.73. The van der Waals surface area contributed by atoms with Gasteiger partial charge in [-0.25, -0.2) is 13.2 Å². The standard InChI is InChI=1S/C22H22N2O5S/c1-16-5-4-6-17(15-16)23-22(25)29-20-9-7-18(8-10-20)24(2)30(26,27)21-13-11-19(28-3)12-14-21/h4-15H,1-3H3,(H,23,25). The van der Waals surface area contributed by atoms with Crippen molar-refractivity contribution in [2.24, 2.45) is 0 Å². The van der Waals surface area contributed by atoms with E-state index in [1.165, 1.54) is 38.4 Å². The number of rotatable bonds is 6. The predicted octanol–water partition coefficient (Wildman–Crippen LogP) is 4.44. The number of nitrogens with one attached hydrogen (secondary N) is 1. The van der Waals surface area contributed by atoms with Crippen LogP contribution in [0.1, 0.15) is 5.56 Å². The lowest BCUT2D eigenvalue weighted by Crippen LogP contribution is -2.26. The molecule has 1 N–H and O–H groups in total. The van der Waals surface area contributed by atoms with E-state index in [1.807, 2.05) is 25.1 Å². The molecule has 0 spiro atoms. The minimum absolute atomic E-state index is 0.142. The number of carbonyl (C=O) groups is 1. The van der Waals surface area contributed by atoms with Gasteiger partial charge in [-0.05, 0) is 73.2 Å². The van der Waals surface area contributed by atoms with E-state index in [2.05, 4.69) is 5.32 Å². The SMILES string of the molecule is COc1ccc(S(=O)(=O)N(C)c2ccc(OC(=O)Nc3cccc(C)c3)cc2)cc1. The Kier molecular flexibility index (Phi) is 6.27. The van der Waals surface area contributed by atoms with Gasteiger partial charge in [0, 0.05) is 12.7 Å². The topological polar surface area (TPSA) is 84.9 Å². The third-order valence-corrected chi connectivity index (χ3v) is 6.19. The fraction of sp³-hybridized carbons (Fsp3) is 0.136. The first-order valence-corrected chi connectivity index (χ1v) is 10.5. The molecular weight excluding hydrogens is 404 g/mol. The van der Waals surface area contributed by atoms with E-state index in [4.69, 9.17) is 9.47 Å². The van der Waals surface area contributed by atoms with Crippen molar-refractivity contribution in [2.75, 3.05) is 23.8 Å². The zero-order valence-electron chi connectivity index (χ0n) is 16.8. The van der Waals surface area contributed by atoms with Crippen molar-refractivity contribution in [2.45, 2.75) is 11.8 Å². The molecule has 8 heteroatoms. The molecule has 7 nitrogen and oxygen atoms in total. The Labute approximate surface area is 175 Å². The van der Waals surface area contributed by atoms with Crippen LogP contribution in [-0.4, -0.2) is 28.7 Å². The molecule has 3 aromatic carbocycles. The molecule has 0 saturated carbocycles. The van der Waals surface area contributed by atoms with Crippen LogP contribution in [0.15, 0.2) is 77.7 Å². The van der Waals surface area contributed by atoms with Crippen LogP contribution >= 0.6 is 0 Å². The van der Waals surface area contributed by atoms with Gasteiger partial charge in [-0.15, -0.1) is 0 Å². The van der Waals surface area contributed by atoms with Gasteiger partial charge in [0.1, 0.15) is 11.5 Å². The Balaban J connectivity index is 1.68. The summed E-state index contributed by atoms with van der Waals surface area (Å²) >= 11 is 0. The molecule has 0 fully saturated rings. The number of carbonyl (C=O) groups excluding carboxylic acids is 1. The largest absolute Gasteiger partial charge is 0.497 e. The van der Waals surface area contributed by atoms with E-state index in [0.29, 0.717) is 22.9 Å². The van der Waals surface area contributed by atoms with Crippen LogP contribution in [0.3, 0.4) is 0 Å². The van der Waals surface area contributed by atoms with E-state index in [0.717, 1.165) is 9.87 Å². The first-order valence-electron chi connectivity index (χ1n) is 9.08. The number of hydrogen-bond donors (Lipinski definition) is 1. The summed E-state index contributed by atoms with van der Waals surface area (Å²) in [4.78, 5) is 12.2. The van der Waals surface area contributed by atoms with Crippen molar-refractivity contribution in [1.82, 2.24) is 0 Å². The Hall–Kier alpha value is -3.52. The van der Waals surface area contributed by atoms with Crippen molar-refractivity contribution in [3.8, 4) is 11.5 Å². The maximum atomic E-state index is 12.8. The third kappa shape index (κ3) is 4.90. The van der Waals surface area contributed by atoms with E-state index < -0.39 is 16.1 Å². The molecule has 0 unspecified atom stereocenters. The molecule has 0 atom stereocenters.